The molecule has 0 atom stereocenters. The van der Waals surface area contributed by atoms with Gasteiger partial charge in [-0.2, -0.15) is 0 Å². The minimum absolute atomic E-state index is 0.827. The Morgan fingerprint density at radius 2 is 1.65 bits per heavy atom. The summed E-state index contributed by atoms with van der Waals surface area (Å²) >= 11 is 0. The van der Waals surface area contributed by atoms with E-state index in [4.69, 9.17) is 10.5 Å². The molecular weight excluding hydrogens is 212 g/mol. The first-order valence-corrected chi connectivity index (χ1v) is 6.50. The zero-order valence-corrected chi connectivity index (χ0v) is 10.8. The van der Waals surface area contributed by atoms with Crippen LogP contribution < -0.4 is 10.6 Å². The summed E-state index contributed by atoms with van der Waals surface area (Å²) in [5, 5.41) is 0. The van der Waals surface area contributed by atoms with Crippen molar-refractivity contribution in [1.29, 1.82) is 0 Å². The number of nitrogens with two attached hydrogens (primary N) is 1. The normalized spacial score (nSPS) is 16.2. The molecule has 2 rings (SSSR count). The third-order valence-electron chi connectivity index (χ3n) is 3.47. The van der Waals surface area contributed by atoms with Gasteiger partial charge in [0.25, 0.3) is 0 Å². The molecule has 0 spiro atoms. The second kappa shape index (κ2) is 5.41. The van der Waals surface area contributed by atoms with Crippen molar-refractivity contribution in [3.05, 3.63) is 23.3 Å². The van der Waals surface area contributed by atoms with E-state index in [2.05, 4.69) is 30.9 Å². The number of ether oxygens (including phenoxy) is 1. The van der Waals surface area contributed by atoms with Gasteiger partial charge in [0.05, 0.1) is 13.2 Å². The average molecular weight is 234 g/mol. The lowest BCUT2D eigenvalue weighted by molar-refractivity contribution is 0.122. The fourth-order valence-corrected chi connectivity index (χ4v) is 2.35. The Balaban J connectivity index is 2.33. The van der Waals surface area contributed by atoms with Crippen molar-refractivity contribution in [3.8, 4) is 0 Å². The van der Waals surface area contributed by atoms with Crippen LogP contribution in [0.3, 0.4) is 0 Å². The molecule has 1 heterocycles. The highest BCUT2D eigenvalue weighted by molar-refractivity contribution is 5.63. The van der Waals surface area contributed by atoms with Gasteiger partial charge in [-0.3, -0.25) is 0 Å². The number of nitrogens with zero attached hydrogens (tertiary/aromatic N) is 1. The number of nitrogen functional groups attached to an aromatic ring is 1. The van der Waals surface area contributed by atoms with Crippen LogP contribution in [0.15, 0.2) is 12.1 Å². The van der Waals surface area contributed by atoms with Crippen LogP contribution in [0.2, 0.25) is 0 Å². The fourth-order valence-electron chi connectivity index (χ4n) is 2.35. The van der Waals surface area contributed by atoms with E-state index in [0.29, 0.717) is 0 Å². The smallest absolute Gasteiger partial charge is 0.0642 e. The minimum Gasteiger partial charge on any atom is -0.398 e. The summed E-state index contributed by atoms with van der Waals surface area (Å²) in [7, 11) is 0. The highest BCUT2D eigenvalue weighted by Gasteiger charge is 2.14. The van der Waals surface area contributed by atoms with Crippen LogP contribution in [0.1, 0.15) is 25.0 Å². The van der Waals surface area contributed by atoms with Gasteiger partial charge in [-0.15, -0.1) is 0 Å². The quantitative estimate of drug-likeness (QED) is 0.815. The van der Waals surface area contributed by atoms with E-state index in [1.807, 2.05) is 0 Å². The molecule has 3 heteroatoms. The van der Waals surface area contributed by atoms with Crippen LogP contribution in [0.4, 0.5) is 11.4 Å². The first kappa shape index (κ1) is 12.2. The molecule has 1 aliphatic heterocycles. The van der Waals surface area contributed by atoms with Gasteiger partial charge >= 0.3 is 0 Å². The molecule has 0 bridgehead atoms. The van der Waals surface area contributed by atoms with Crippen molar-refractivity contribution in [2.75, 3.05) is 36.9 Å². The van der Waals surface area contributed by atoms with Gasteiger partial charge in [0.1, 0.15) is 0 Å². The maximum Gasteiger partial charge on any atom is 0.0642 e. The van der Waals surface area contributed by atoms with Crippen LogP contribution >= 0.6 is 0 Å². The molecule has 1 saturated heterocycles. The van der Waals surface area contributed by atoms with Gasteiger partial charge in [0.15, 0.2) is 0 Å². The predicted octanol–water partition coefficient (Wildman–Crippen LogP) is 2.23. The van der Waals surface area contributed by atoms with Gasteiger partial charge in [-0.25, -0.2) is 0 Å². The van der Waals surface area contributed by atoms with Crippen molar-refractivity contribution >= 4 is 11.4 Å². The molecule has 0 radical (unpaired) electrons. The highest BCUT2D eigenvalue weighted by atomic mass is 16.5. The Kier molecular flexibility index (Phi) is 3.89. The summed E-state index contributed by atoms with van der Waals surface area (Å²) < 4.78 is 5.39. The first-order chi connectivity index (χ1) is 8.26. The average Bonchev–Trinajstić information content (AvgIpc) is 2.40. The largest absolute Gasteiger partial charge is 0.398 e. The second-order valence-electron chi connectivity index (χ2n) is 4.48. The number of hydrogen-bond acceptors (Lipinski definition) is 3. The molecule has 1 fully saturated rings. The number of aryl methyl sites for hydroxylation is 2. The predicted molar refractivity (Wildman–Crippen MR) is 72.6 cm³/mol. The maximum absolute atomic E-state index is 6.16. The van der Waals surface area contributed by atoms with E-state index in [1.165, 1.54) is 16.8 Å². The Bertz CT molecular complexity index is 359. The SMILES string of the molecule is CCc1cc(N2CCOCC2)cc(CC)c1N. The Labute approximate surface area is 104 Å². The summed E-state index contributed by atoms with van der Waals surface area (Å²) in [4.78, 5) is 2.39. The second-order valence-corrected chi connectivity index (χ2v) is 4.48. The monoisotopic (exact) mass is 234 g/mol. The molecule has 0 aliphatic carbocycles. The van der Waals surface area contributed by atoms with Gasteiger partial charge in [0.2, 0.25) is 0 Å². The molecule has 1 aromatic rings. The number of morpholine rings is 1. The van der Waals surface area contributed by atoms with Crippen LogP contribution in [0, 0.1) is 0 Å². The van der Waals surface area contributed by atoms with E-state index >= 15 is 0 Å². The summed E-state index contributed by atoms with van der Waals surface area (Å²) in [5.74, 6) is 0. The topological polar surface area (TPSA) is 38.5 Å². The van der Waals surface area contributed by atoms with E-state index in [-0.39, 0.29) is 0 Å². The van der Waals surface area contributed by atoms with Crippen LogP contribution in [-0.2, 0) is 17.6 Å². The van der Waals surface area contributed by atoms with Crippen LogP contribution in [-0.4, -0.2) is 26.3 Å². The number of anilines is 2. The van der Waals surface area contributed by atoms with E-state index in [0.717, 1.165) is 44.8 Å². The number of rotatable bonds is 3. The fraction of sp³-hybridized carbons (Fsp3) is 0.571. The van der Waals surface area contributed by atoms with Gasteiger partial charge in [0, 0.05) is 24.5 Å². The lowest BCUT2D eigenvalue weighted by atomic mass is 10.0. The molecule has 0 saturated carbocycles. The molecule has 17 heavy (non-hydrogen) atoms. The molecule has 94 valence electrons. The summed E-state index contributed by atoms with van der Waals surface area (Å²) in [6.45, 7) is 7.94. The number of hydrogen-bond donors (Lipinski definition) is 1. The van der Waals surface area contributed by atoms with Gasteiger partial charge in [-0.05, 0) is 36.1 Å². The molecule has 1 aliphatic rings. The molecule has 3 nitrogen and oxygen atoms in total. The van der Waals surface area contributed by atoms with E-state index in [1.54, 1.807) is 0 Å². The molecule has 1 aromatic carbocycles. The van der Waals surface area contributed by atoms with Crippen molar-refractivity contribution in [2.45, 2.75) is 26.7 Å². The van der Waals surface area contributed by atoms with Crippen molar-refractivity contribution < 1.29 is 4.74 Å². The molecule has 0 unspecified atom stereocenters. The highest BCUT2D eigenvalue weighted by Crippen LogP contribution is 2.27. The first-order valence-electron chi connectivity index (χ1n) is 6.50. The third kappa shape index (κ3) is 2.55. The van der Waals surface area contributed by atoms with Gasteiger partial charge < -0.3 is 15.4 Å². The maximum atomic E-state index is 6.16. The Hall–Kier alpha value is -1.22. The minimum atomic E-state index is 0.827. The molecule has 2 N–H and O–H groups in total. The number of benzene rings is 1. The zero-order chi connectivity index (χ0) is 12.3. The standard InChI is InChI=1S/C14H22N2O/c1-3-11-9-13(10-12(4-2)14(11)15)16-5-7-17-8-6-16/h9-10H,3-8,15H2,1-2H3. The van der Waals surface area contributed by atoms with Gasteiger partial charge in [-0.1, -0.05) is 13.8 Å². The van der Waals surface area contributed by atoms with Crippen LogP contribution in [0.5, 0.6) is 0 Å². The van der Waals surface area contributed by atoms with Crippen molar-refractivity contribution in [3.63, 3.8) is 0 Å². The van der Waals surface area contributed by atoms with E-state index < -0.39 is 0 Å². The van der Waals surface area contributed by atoms with Crippen molar-refractivity contribution in [2.24, 2.45) is 0 Å². The Morgan fingerprint density at radius 3 is 2.12 bits per heavy atom. The lowest BCUT2D eigenvalue weighted by Crippen LogP contribution is -2.36. The van der Waals surface area contributed by atoms with Crippen LogP contribution in [0.25, 0.3) is 0 Å². The van der Waals surface area contributed by atoms with Crippen molar-refractivity contribution in [1.82, 2.24) is 0 Å². The van der Waals surface area contributed by atoms with E-state index in [9.17, 15) is 0 Å². The summed E-state index contributed by atoms with van der Waals surface area (Å²) in [5.41, 5.74) is 11.0. The zero-order valence-electron chi connectivity index (χ0n) is 10.8. The Morgan fingerprint density at radius 1 is 1.12 bits per heavy atom. The molecule has 0 aromatic heterocycles. The lowest BCUT2D eigenvalue weighted by Gasteiger charge is -2.30. The third-order valence-corrected chi connectivity index (χ3v) is 3.47. The summed E-state index contributed by atoms with van der Waals surface area (Å²) in [6.07, 6.45) is 1.99. The molecule has 0 amide bonds. The molecular formula is C14H22N2O. The summed E-state index contributed by atoms with van der Waals surface area (Å²) in [6, 6.07) is 4.47.